The predicted octanol–water partition coefficient (Wildman–Crippen LogP) is 0.587. The number of carbonyl (C=O) groups is 2. The highest BCUT2D eigenvalue weighted by Crippen LogP contribution is 2.15. The number of likely N-dealkylation sites (tertiary alicyclic amines) is 1. The lowest BCUT2D eigenvalue weighted by Gasteiger charge is -2.25. The molecule has 0 aromatic carbocycles. The summed E-state index contributed by atoms with van der Waals surface area (Å²) in [6.45, 7) is 6.73. The van der Waals surface area contributed by atoms with Crippen molar-refractivity contribution in [2.75, 3.05) is 32.7 Å². The monoisotopic (exact) mass is 257 g/mol. The number of aliphatic carboxylic acids is 1. The molecule has 1 unspecified atom stereocenters. The summed E-state index contributed by atoms with van der Waals surface area (Å²) in [7, 11) is 0. The van der Waals surface area contributed by atoms with E-state index < -0.39 is 5.97 Å². The second-order valence-corrected chi connectivity index (χ2v) is 4.52. The third-order valence-corrected chi connectivity index (χ3v) is 3.39. The molecule has 1 rings (SSSR count). The van der Waals surface area contributed by atoms with Crippen molar-refractivity contribution in [3.8, 4) is 0 Å². The minimum atomic E-state index is -0.983. The maximum Gasteiger partial charge on any atom is 0.323 e. The van der Waals surface area contributed by atoms with Crippen LogP contribution < -0.4 is 5.32 Å². The van der Waals surface area contributed by atoms with Crippen LogP contribution in [0.5, 0.6) is 0 Å². The first-order valence-electron chi connectivity index (χ1n) is 6.57. The number of nitrogens with one attached hydrogen (secondary N) is 1. The van der Waals surface area contributed by atoms with E-state index in [-0.39, 0.29) is 12.6 Å². The molecule has 0 spiro atoms. The lowest BCUT2D eigenvalue weighted by molar-refractivity contribution is -0.137. The molecule has 2 N–H and O–H groups in total. The average Bonchev–Trinajstić information content (AvgIpc) is 2.80. The van der Waals surface area contributed by atoms with Gasteiger partial charge in [-0.15, -0.1) is 0 Å². The number of carboxylic acids is 1. The van der Waals surface area contributed by atoms with Gasteiger partial charge in [0.05, 0.1) is 0 Å². The van der Waals surface area contributed by atoms with E-state index in [0.717, 1.165) is 19.5 Å². The summed E-state index contributed by atoms with van der Waals surface area (Å²) in [5.41, 5.74) is 0. The number of urea groups is 1. The highest BCUT2D eigenvalue weighted by atomic mass is 16.4. The van der Waals surface area contributed by atoms with Gasteiger partial charge in [0.2, 0.25) is 0 Å². The van der Waals surface area contributed by atoms with E-state index >= 15 is 0 Å². The number of carbonyl (C=O) groups excluding carboxylic acids is 1. The number of rotatable bonds is 6. The lowest BCUT2D eigenvalue weighted by Crippen LogP contribution is -2.47. The summed E-state index contributed by atoms with van der Waals surface area (Å²) in [6, 6.07) is 0.102. The first kappa shape index (κ1) is 14.8. The van der Waals surface area contributed by atoms with E-state index in [1.54, 1.807) is 6.92 Å². The molecule has 1 saturated heterocycles. The van der Waals surface area contributed by atoms with Gasteiger partial charge in [0, 0.05) is 19.1 Å². The van der Waals surface area contributed by atoms with E-state index in [1.165, 1.54) is 11.3 Å². The Morgan fingerprint density at radius 1 is 1.44 bits per heavy atom. The summed E-state index contributed by atoms with van der Waals surface area (Å²) < 4.78 is 0. The van der Waals surface area contributed by atoms with E-state index in [2.05, 4.69) is 17.1 Å². The highest BCUT2D eigenvalue weighted by molar-refractivity contribution is 5.80. The summed E-state index contributed by atoms with van der Waals surface area (Å²) in [5, 5.41) is 11.5. The molecule has 104 valence electrons. The first-order valence-corrected chi connectivity index (χ1v) is 6.57. The Hall–Kier alpha value is -1.30. The summed E-state index contributed by atoms with van der Waals surface area (Å²) in [6.07, 6.45) is 2.26. The number of nitrogens with zero attached hydrogens (tertiary/aromatic N) is 2. The normalized spacial score (nSPS) is 19.8. The Balaban J connectivity index is 2.37. The minimum Gasteiger partial charge on any atom is -0.480 e. The Labute approximate surface area is 108 Å². The number of carboxylic acid groups (broad SMARTS) is 1. The third-order valence-electron chi connectivity index (χ3n) is 3.39. The Bertz CT molecular complexity index is 296. The van der Waals surface area contributed by atoms with Gasteiger partial charge in [0.25, 0.3) is 0 Å². The summed E-state index contributed by atoms with van der Waals surface area (Å²) in [4.78, 5) is 26.0. The van der Waals surface area contributed by atoms with Gasteiger partial charge in [-0.25, -0.2) is 4.79 Å². The molecule has 1 aliphatic heterocycles. The van der Waals surface area contributed by atoms with Gasteiger partial charge in [0.15, 0.2) is 0 Å². The Morgan fingerprint density at radius 3 is 2.72 bits per heavy atom. The van der Waals surface area contributed by atoms with Gasteiger partial charge in [-0.2, -0.15) is 0 Å². The van der Waals surface area contributed by atoms with Crippen LogP contribution in [-0.4, -0.2) is 65.7 Å². The smallest absolute Gasteiger partial charge is 0.323 e. The topological polar surface area (TPSA) is 72.9 Å². The zero-order valence-electron chi connectivity index (χ0n) is 11.2. The van der Waals surface area contributed by atoms with E-state index in [0.29, 0.717) is 19.1 Å². The van der Waals surface area contributed by atoms with Crippen molar-refractivity contribution in [3.05, 3.63) is 0 Å². The van der Waals surface area contributed by atoms with Gasteiger partial charge >= 0.3 is 12.0 Å². The molecule has 0 aliphatic carbocycles. The van der Waals surface area contributed by atoms with Crippen LogP contribution in [0, 0.1) is 0 Å². The molecular weight excluding hydrogens is 234 g/mol. The first-order chi connectivity index (χ1) is 8.58. The molecule has 1 atom stereocenters. The van der Waals surface area contributed by atoms with Gasteiger partial charge in [-0.3, -0.25) is 9.69 Å². The van der Waals surface area contributed by atoms with Crippen LogP contribution in [0.4, 0.5) is 4.79 Å². The van der Waals surface area contributed by atoms with Crippen molar-refractivity contribution < 1.29 is 14.7 Å². The Kier molecular flexibility index (Phi) is 5.91. The van der Waals surface area contributed by atoms with Crippen LogP contribution in [0.25, 0.3) is 0 Å². The Morgan fingerprint density at radius 2 is 2.17 bits per heavy atom. The van der Waals surface area contributed by atoms with E-state index in [9.17, 15) is 9.59 Å². The zero-order valence-corrected chi connectivity index (χ0v) is 11.2. The summed E-state index contributed by atoms with van der Waals surface area (Å²) >= 11 is 0. The van der Waals surface area contributed by atoms with E-state index in [1.807, 2.05) is 0 Å². The molecule has 0 bridgehead atoms. The molecule has 1 aliphatic rings. The quantitative estimate of drug-likeness (QED) is 0.730. The number of hydrogen-bond acceptors (Lipinski definition) is 3. The maximum atomic E-state index is 11.8. The molecule has 0 radical (unpaired) electrons. The SMILES string of the molecule is CCN(CC(=O)O)C(=O)NCC1CCCN1CC. The highest BCUT2D eigenvalue weighted by Gasteiger charge is 2.24. The molecule has 1 heterocycles. The molecule has 0 saturated carbocycles. The molecule has 2 amide bonds. The van der Waals surface area contributed by atoms with Crippen molar-refractivity contribution in [1.29, 1.82) is 0 Å². The molecule has 1 fully saturated rings. The minimum absolute atomic E-state index is 0.246. The van der Waals surface area contributed by atoms with Crippen LogP contribution in [0.3, 0.4) is 0 Å². The fourth-order valence-corrected chi connectivity index (χ4v) is 2.35. The average molecular weight is 257 g/mol. The van der Waals surface area contributed by atoms with Crippen LogP contribution in [0.2, 0.25) is 0 Å². The predicted molar refractivity (Wildman–Crippen MR) is 68.6 cm³/mol. The van der Waals surface area contributed by atoms with Crippen molar-refractivity contribution in [3.63, 3.8) is 0 Å². The number of amides is 2. The summed E-state index contributed by atoms with van der Waals surface area (Å²) in [5.74, 6) is -0.983. The van der Waals surface area contributed by atoms with E-state index in [4.69, 9.17) is 5.11 Å². The number of hydrogen-bond donors (Lipinski definition) is 2. The molecular formula is C12H23N3O3. The van der Waals surface area contributed by atoms with Gasteiger partial charge in [-0.05, 0) is 32.9 Å². The van der Waals surface area contributed by atoms with Crippen molar-refractivity contribution in [2.45, 2.75) is 32.7 Å². The van der Waals surface area contributed by atoms with Crippen molar-refractivity contribution in [1.82, 2.24) is 15.1 Å². The van der Waals surface area contributed by atoms with Gasteiger partial charge < -0.3 is 15.3 Å². The molecule has 6 heteroatoms. The number of likely N-dealkylation sites (N-methyl/N-ethyl adjacent to an activating group) is 2. The van der Waals surface area contributed by atoms with Crippen LogP contribution in [0.15, 0.2) is 0 Å². The second-order valence-electron chi connectivity index (χ2n) is 4.52. The molecule has 18 heavy (non-hydrogen) atoms. The van der Waals surface area contributed by atoms with Gasteiger partial charge in [0.1, 0.15) is 6.54 Å². The maximum absolute atomic E-state index is 11.8. The molecule has 0 aromatic heterocycles. The van der Waals surface area contributed by atoms with Crippen molar-refractivity contribution >= 4 is 12.0 Å². The standard InChI is InChI=1S/C12H23N3O3/c1-3-14-7-5-6-10(14)8-13-12(18)15(4-2)9-11(16)17/h10H,3-9H2,1-2H3,(H,13,18)(H,16,17). The van der Waals surface area contributed by atoms with Crippen LogP contribution >= 0.6 is 0 Å². The second kappa shape index (κ2) is 7.20. The zero-order chi connectivity index (χ0) is 13.5. The largest absolute Gasteiger partial charge is 0.480 e. The van der Waals surface area contributed by atoms with Crippen molar-refractivity contribution in [2.24, 2.45) is 0 Å². The van der Waals surface area contributed by atoms with Crippen LogP contribution in [-0.2, 0) is 4.79 Å². The fourth-order valence-electron chi connectivity index (χ4n) is 2.35. The molecule has 0 aromatic rings. The lowest BCUT2D eigenvalue weighted by atomic mass is 10.2. The third kappa shape index (κ3) is 4.18. The van der Waals surface area contributed by atoms with Gasteiger partial charge in [-0.1, -0.05) is 6.92 Å². The fraction of sp³-hybridized carbons (Fsp3) is 0.833. The van der Waals surface area contributed by atoms with Crippen LogP contribution in [0.1, 0.15) is 26.7 Å². The molecule has 6 nitrogen and oxygen atoms in total.